The van der Waals surface area contributed by atoms with Gasteiger partial charge in [-0.2, -0.15) is 0 Å². The molecule has 0 aromatic heterocycles. The molecule has 1 aromatic rings. The highest BCUT2D eigenvalue weighted by Crippen LogP contribution is 2.30. The molecule has 112 valence electrons. The van der Waals surface area contributed by atoms with Gasteiger partial charge in [0.05, 0.1) is 5.92 Å². The average molecular weight is 310 g/mol. The van der Waals surface area contributed by atoms with E-state index in [0.29, 0.717) is 11.4 Å². The first-order valence-electron chi connectivity index (χ1n) is 6.99. The van der Waals surface area contributed by atoms with E-state index in [1.54, 1.807) is 18.2 Å². The van der Waals surface area contributed by atoms with Crippen LogP contribution in [0.1, 0.15) is 18.4 Å². The third-order valence-electron chi connectivity index (χ3n) is 3.55. The van der Waals surface area contributed by atoms with Crippen molar-refractivity contribution in [2.45, 2.75) is 25.3 Å². The van der Waals surface area contributed by atoms with Crippen molar-refractivity contribution in [2.75, 3.05) is 13.2 Å². The molecule has 0 saturated heterocycles. The van der Waals surface area contributed by atoms with Crippen molar-refractivity contribution in [1.82, 2.24) is 5.32 Å². The topological polar surface area (TPSA) is 64.6 Å². The Labute approximate surface area is 127 Å². The van der Waals surface area contributed by atoms with Crippen LogP contribution in [-0.4, -0.2) is 31.1 Å². The lowest BCUT2D eigenvalue weighted by Crippen LogP contribution is -2.34. The Balaban J connectivity index is 1.52. The number of benzene rings is 1. The summed E-state index contributed by atoms with van der Waals surface area (Å²) in [6.45, 7) is 0.0337. The summed E-state index contributed by atoms with van der Waals surface area (Å²) in [6.07, 6.45) is 2.53. The number of nitrogens with one attached hydrogen (secondary N) is 1. The minimum atomic E-state index is -0.411. The minimum absolute atomic E-state index is 0.228. The fraction of sp³-hybridized carbons (Fsp3) is 0.467. The van der Waals surface area contributed by atoms with Crippen LogP contribution in [0.5, 0.6) is 5.75 Å². The zero-order valence-corrected chi connectivity index (χ0v) is 12.2. The maximum Gasteiger partial charge on any atom is 0.313 e. The second-order valence-corrected chi connectivity index (χ2v) is 5.85. The van der Waals surface area contributed by atoms with E-state index in [0.717, 1.165) is 24.2 Å². The number of ether oxygens (including phenoxy) is 2. The molecule has 21 heavy (non-hydrogen) atoms. The van der Waals surface area contributed by atoms with Crippen molar-refractivity contribution < 1.29 is 19.1 Å². The summed E-state index contributed by atoms with van der Waals surface area (Å²) in [7, 11) is 0. The van der Waals surface area contributed by atoms with Gasteiger partial charge in [-0.05, 0) is 43.0 Å². The van der Waals surface area contributed by atoms with Gasteiger partial charge in [-0.15, -0.1) is 0 Å². The molecule has 0 bridgehead atoms. The molecule has 6 heteroatoms. The highest BCUT2D eigenvalue weighted by atomic mass is 35.5. The molecule has 1 aromatic carbocycles. The van der Waals surface area contributed by atoms with Crippen LogP contribution in [0.2, 0.25) is 5.02 Å². The second-order valence-electron chi connectivity index (χ2n) is 5.41. The Bertz CT molecular complexity index is 571. The number of rotatable bonds is 4. The molecule has 0 unspecified atom stereocenters. The van der Waals surface area contributed by atoms with Crippen LogP contribution < -0.4 is 10.1 Å². The summed E-state index contributed by atoms with van der Waals surface area (Å²) in [6, 6.07) is 5.60. The van der Waals surface area contributed by atoms with E-state index < -0.39 is 11.9 Å². The van der Waals surface area contributed by atoms with E-state index in [1.165, 1.54) is 0 Å². The predicted molar refractivity (Wildman–Crippen MR) is 76.3 cm³/mol. The van der Waals surface area contributed by atoms with Crippen molar-refractivity contribution in [2.24, 2.45) is 5.92 Å². The summed E-state index contributed by atoms with van der Waals surface area (Å²) < 4.78 is 10.6. The van der Waals surface area contributed by atoms with Crippen LogP contribution in [-0.2, 0) is 20.7 Å². The van der Waals surface area contributed by atoms with Gasteiger partial charge >= 0.3 is 5.97 Å². The normalized spacial score (nSPS) is 20.1. The fourth-order valence-electron chi connectivity index (χ4n) is 2.27. The van der Waals surface area contributed by atoms with Crippen molar-refractivity contribution in [1.29, 1.82) is 0 Å². The zero-order chi connectivity index (χ0) is 14.8. The van der Waals surface area contributed by atoms with Crippen molar-refractivity contribution >= 4 is 23.5 Å². The van der Waals surface area contributed by atoms with E-state index in [9.17, 15) is 9.59 Å². The largest absolute Gasteiger partial charge is 0.492 e. The SMILES string of the molecule is O=C(COC(=O)[C@H]1COc2ccc(Cl)cc2C1)NC1CC1. The van der Waals surface area contributed by atoms with E-state index in [4.69, 9.17) is 21.1 Å². The lowest BCUT2D eigenvalue weighted by Gasteiger charge is -2.24. The third kappa shape index (κ3) is 3.67. The molecule has 0 spiro atoms. The van der Waals surface area contributed by atoms with Gasteiger partial charge in [-0.25, -0.2) is 0 Å². The van der Waals surface area contributed by atoms with Crippen molar-refractivity contribution in [3.8, 4) is 5.75 Å². The van der Waals surface area contributed by atoms with Crippen molar-refractivity contribution in [3.05, 3.63) is 28.8 Å². The molecule has 0 radical (unpaired) electrons. The Morgan fingerprint density at radius 3 is 2.95 bits per heavy atom. The number of halogens is 1. The fourth-order valence-corrected chi connectivity index (χ4v) is 2.46. The number of esters is 1. The quantitative estimate of drug-likeness (QED) is 0.860. The molecule has 1 saturated carbocycles. The molecule has 1 aliphatic carbocycles. The van der Waals surface area contributed by atoms with Gasteiger partial charge in [0.15, 0.2) is 6.61 Å². The molecule has 1 aliphatic heterocycles. The molecule has 5 nitrogen and oxygen atoms in total. The maximum absolute atomic E-state index is 12.0. The molecule has 1 amide bonds. The molecule has 1 fully saturated rings. The molecule has 1 N–H and O–H groups in total. The molecule has 3 rings (SSSR count). The molecule has 1 heterocycles. The van der Waals surface area contributed by atoms with Gasteiger partial charge in [-0.3, -0.25) is 9.59 Å². The summed E-state index contributed by atoms with van der Waals surface area (Å²) in [5.74, 6) is -0.308. The Kier molecular flexibility index (Phi) is 4.01. The molecular formula is C15H16ClNO4. The van der Waals surface area contributed by atoms with Gasteiger partial charge in [0.25, 0.3) is 5.91 Å². The smallest absolute Gasteiger partial charge is 0.313 e. The summed E-state index contributed by atoms with van der Waals surface area (Å²) in [5.41, 5.74) is 0.887. The van der Waals surface area contributed by atoms with Crippen molar-refractivity contribution in [3.63, 3.8) is 0 Å². The minimum Gasteiger partial charge on any atom is -0.492 e. The lowest BCUT2D eigenvalue weighted by atomic mass is 9.97. The van der Waals surface area contributed by atoms with Crippen LogP contribution in [0.25, 0.3) is 0 Å². The Hall–Kier alpha value is -1.75. The van der Waals surface area contributed by atoms with Gasteiger partial charge in [-0.1, -0.05) is 11.6 Å². The number of carbonyl (C=O) groups excluding carboxylic acids is 2. The van der Waals surface area contributed by atoms with Crippen LogP contribution in [0.3, 0.4) is 0 Å². The highest BCUT2D eigenvalue weighted by Gasteiger charge is 2.29. The summed E-state index contributed by atoms with van der Waals surface area (Å²) >= 11 is 5.94. The first-order chi connectivity index (χ1) is 10.1. The van der Waals surface area contributed by atoms with Crippen LogP contribution in [0, 0.1) is 5.92 Å². The van der Waals surface area contributed by atoms with Gasteiger partial charge in [0.2, 0.25) is 0 Å². The monoisotopic (exact) mass is 309 g/mol. The van der Waals surface area contributed by atoms with E-state index >= 15 is 0 Å². The zero-order valence-electron chi connectivity index (χ0n) is 11.4. The Morgan fingerprint density at radius 1 is 1.38 bits per heavy atom. The highest BCUT2D eigenvalue weighted by molar-refractivity contribution is 6.30. The van der Waals surface area contributed by atoms with Crippen LogP contribution in [0.4, 0.5) is 0 Å². The molecule has 1 atom stereocenters. The maximum atomic E-state index is 12.0. The molecule has 2 aliphatic rings. The third-order valence-corrected chi connectivity index (χ3v) is 3.79. The van der Waals surface area contributed by atoms with E-state index in [2.05, 4.69) is 5.32 Å². The van der Waals surface area contributed by atoms with Gasteiger partial charge in [0.1, 0.15) is 12.4 Å². The van der Waals surface area contributed by atoms with E-state index in [-0.39, 0.29) is 25.2 Å². The average Bonchev–Trinajstić information content (AvgIpc) is 3.27. The Morgan fingerprint density at radius 2 is 2.19 bits per heavy atom. The number of hydrogen-bond acceptors (Lipinski definition) is 4. The van der Waals surface area contributed by atoms with Gasteiger partial charge in [0, 0.05) is 11.1 Å². The number of hydrogen-bond donors (Lipinski definition) is 1. The number of fused-ring (bicyclic) bond motifs is 1. The standard InChI is InChI=1S/C15H16ClNO4/c16-11-1-4-13-9(6-11)5-10(7-20-13)15(19)21-8-14(18)17-12-2-3-12/h1,4,6,10,12H,2-3,5,7-8H2,(H,17,18)/t10-/m1/s1. The summed E-state index contributed by atoms with van der Waals surface area (Å²) in [5, 5.41) is 3.38. The summed E-state index contributed by atoms with van der Waals surface area (Å²) in [4.78, 5) is 23.5. The number of amides is 1. The second kappa shape index (κ2) is 5.93. The molecular weight excluding hydrogens is 294 g/mol. The first kappa shape index (κ1) is 14.2. The van der Waals surface area contributed by atoms with E-state index in [1.807, 2.05) is 0 Å². The number of carbonyl (C=O) groups is 2. The first-order valence-corrected chi connectivity index (χ1v) is 7.37. The van der Waals surface area contributed by atoms with Crippen LogP contribution in [0.15, 0.2) is 18.2 Å². The lowest BCUT2D eigenvalue weighted by molar-refractivity contribution is -0.153. The van der Waals surface area contributed by atoms with Crippen LogP contribution >= 0.6 is 11.6 Å². The predicted octanol–water partition coefficient (Wildman–Crippen LogP) is 1.71. The van der Waals surface area contributed by atoms with Gasteiger partial charge < -0.3 is 14.8 Å².